The molecule has 1 aliphatic heterocycles. The third-order valence-electron chi connectivity index (χ3n) is 4.36. The van der Waals surface area contributed by atoms with Crippen molar-refractivity contribution < 1.29 is 18.3 Å². The number of sulfonamides is 1. The second-order valence-electron chi connectivity index (χ2n) is 5.93. The Bertz CT molecular complexity index is 768. The molecule has 1 saturated carbocycles. The molecule has 1 aliphatic carbocycles. The quantitative estimate of drug-likeness (QED) is 0.858. The zero-order chi connectivity index (χ0) is 16.1. The average molecular weight is 342 g/mol. The van der Waals surface area contributed by atoms with E-state index in [1.165, 1.54) is 18.2 Å². The third-order valence-corrected chi connectivity index (χ3v) is 6.68. The Morgan fingerprint density at radius 1 is 1.36 bits per heavy atom. The first kappa shape index (κ1) is 15.5. The van der Waals surface area contributed by atoms with E-state index < -0.39 is 16.0 Å². The molecule has 7 heteroatoms. The van der Waals surface area contributed by atoms with E-state index in [1.807, 2.05) is 0 Å². The Balaban J connectivity index is 1.98. The Morgan fingerprint density at radius 3 is 2.59 bits per heavy atom. The van der Waals surface area contributed by atoms with Gasteiger partial charge < -0.3 is 5.11 Å². The molecule has 118 valence electrons. The van der Waals surface area contributed by atoms with Gasteiger partial charge in [-0.2, -0.15) is 4.31 Å². The van der Waals surface area contributed by atoms with Gasteiger partial charge in [0.15, 0.2) is 0 Å². The molecular weight excluding hydrogens is 326 g/mol. The van der Waals surface area contributed by atoms with Crippen molar-refractivity contribution in [3.8, 4) is 0 Å². The summed E-state index contributed by atoms with van der Waals surface area (Å²) in [6.07, 6.45) is 3.04. The van der Waals surface area contributed by atoms with E-state index in [0.29, 0.717) is 19.4 Å². The van der Waals surface area contributed by atoms with Crippen molar-refractivity contribution in [2.24, 2.45) is 0 Å². The Hall–Kier alpha value is -1.37. The number of carboxylic acids is 1. The average Bonchev–Trinajstić information content (AvgIpc) is 3.17. The number of benzene rings is 1. The summed E-state index contributed by atoms with van der Waals surface area (Å²) in [5, 5.41) is 8.91. The van der Waals surface area contributed by atoms with Crippen LogP contribution >= 0.6 is 11.6 Å². The number of hydrogen-bond donors (Lipinski definition) is 1. The number of hydrogen-bond acceptors (Lipinski definition) is 3. The van der Waals surface area contributed by atoms with Crippen LogP contribution in [0, 0.1) is 0 Å². The maximum atomic E-state index is 12.9. The number of rotatable bonds is 3. The normalized spacial score (nSPS) is 21.0. The molecule has 2 aliphatic rings. The minimum atomic E-state index is -3.68. The van der Waals surface area contributed by atoms with Crippen LogP contribution in [0.4, 0.5) is 0 Å². The van der Waals surface area contributed by atoms with E-state index in [2.05, 4.69) is 6.58 Å². The van der Waals surface area contributed by atoms with E-state index in [0.717, 1.165) is 18.4 Å². The van der Waals surface area contributed by atoms with Gasteiger partial charge in [-0.3, -0.25) is 0 Å². The van der Waals surface area contributed by atoms with Crippen LogP contribution in [0.5, 0.6) is 0 Å². The predicted molar refractivity (Wildman–Crippen MR) is 82.6 cm³/mol. The lowest BCUT2D eigenvalue weighted by Gasteiger charge is -2.36. The number of carboxylic acid groups (broad SMARTS) is 1. The summed E-state index contributed by atoms with van der Waals surface area (Å²) in [5.41, 5.74) is 0.656. The molecule has 1 saturated heterocycles. The molecule has 0 amide bonds. The van der Waals surface area contributed by atoms with Crippen LogP contribution in [0.2, 0.25) is 5.02 Å². The van der Waals surface area contributed by atoms with Crippen LogP contribution in [0.15, 0.2) is 35.2 Å². The van der Waals surface area contributed by atoms with Gasteiger partial charge in [-0.25, -0.2) is 13.2 Å². The molecule has 22 heavy (non-hydrogen) atoms. The minimum absolute atomic E-state index is 0.0429. The number of aromatic carboxylic acids is 1. The molecular formula is C15H16ClNO4S. The molecule has 0 radical (unpaired) electrons. The van der Waals surface area contributed by atoms with Gasteiger partial charge >= 0.3 is 5.97 Å². The monoisotopic (exact) mass is 341 g/mol. The molecule has 2 fully saturated rings. The van der Waals surface area contributed by atoms with Crippen LogP contribution in [-0.2, 0) is 10.0 Å². The van der Waals surface area contributed by atoms with Gasteiger partial charge in [0.05, 0.1) is 15.5 Å². The second kappa shape index (κ2) is 5.08. The van der Waals surface area contributed by atoms with E-state index in [1.54, 1.807) is 4.31 Å². The molecule has 0 bridgehead atoms. The largest absolute Gasteiger partial charge is 0.478 e. The van der Waals surface area contributed by atoms with Gasteiger partial charge in [0.1, 0.15) is 0 Å². The van der Waals surface area contributed by atoms with Crippen molar-refractivity contribution in [3.63, 3.8) is 0 Å². The Morgan fingerprint density at radius 2 is 2.05 bits per heavy atom. The molecule has 0 atom stereocenters. The van der Waals surface area contributed by atoms with Crippen molar-refractivity contribution in [1.29, 1.82) is 0 Å². The molecule has 3 rings (SSSR count). The van der Waals surface area contributed by atoms with Crippen LogP contribution in [0.3, 0.4) is 0 Å². The maximum Gasteiger partial charge on any atom is 0.337 e. The summed E-state index contributed by atoms with van der Waals surface area (Å²) in [7, 11) is -3.68. The summed E-state index contributed by atoms with van der Waals surface area (Å²) in [4.78, 5) is 11.0. The smallest absolute Gasteiger partial charge is 0.337 e. The topological polar surface area (TPSA) is 74.7 Å². The van der Waals surface area contributed by atoms with E-state index >= 15 is 0 Å². The lowest BCUT2D eigenvalue weighted by atomic mass is 9.98. The van der Waals surface area contributed by atoms with Crippen molar-refractivity contribution in [1.82, 2.24) is 4.31 Å². The first-order chi connectivity index (χ1) is 10.3. The fraction of sp³-hybridized carbons (Fsp3) is 0.400. The van der Waals surface area contributed by atoms with Gasteiger partial charge in [-0.05, 0) is 43.9 Å². The highest BCUT2D eigenvalue weighted by molar-refractivity contribution is 7.89. The fourth-order valence-corrected chi connectivity index (χ4v) is 5.22. The Labute approximate surface area is 134 Å². The second-order valence-corrected chi connectivity index (χ2v) is 8.19. The molecule has 1 spiro atoms. The zero-order valence-corrected chi connectivity index (χ0v) is 13.5. The lowest BCUT2D eigenvalue weighted by molar-refractivity contribution is 0.0697. The standard InChI is InChI=1S/C15H16ClNO4S/c1-10-4-7-17(15(9-10)5-6-15)22(20,21)11-2-3-12(14(18)19)13(16)8-11/h2-3,8H,1,4-7,9H2,(H,18,19). The SMILES string of the molecule is C=C1CCN(S(=O)(=O)c2ccc(C(=O)O)c(Cl)c2)C2(CC2)C1. The van der Waals surface area contributed by atoms with Gasteiger partial charge in [-0.1, -0.05) is 23.8 Å². The molecule has 1 N–H and O–H groups in total. The fourth-order valence-electron chi connectivity index (χ4n) is 3.04. The molecule has 1 aromatic carbocycles. The number of halogens is 1. The molecule has 1 heterocycles. The van der Waals surface area contributed by atoms with Crippen LogP contribution in [-0.4, -0.2) is 35.9 Å². The number of carbonyl (C=O) groups is 1. The first-order valence-electron chi connectivity index (χ1n) is 6.99. The van der Waals surface area contributed by atoms with E-state index in [9.17, 15) is 13.2 Å². The number of nitrogens with zero attached hydrogens (tertiary/aromatic N) is 1. The first-order valence-corrected chi connectivity index (χ1v) is 8.80. The van der Waals surface area contributed by atoms with Crippen LogP contribution in [0.25, 0.3) is 0 Å². The minimum Gasteiger partial charge on any atom is -0.478 e. The highest BCUT2D eigenvalue weighted by Gasteiger charge is 2.54. The summed E-state index contributed by atoms with van der Waals surface area (Å²) >= 11 is 5.90. The summed E-state index contributed by atoms with van der Waals surface area (Å²) in [5.74, 6) is -1.18. The van der Waals surface area contributed by atoms with Gasteiger partial charge in [0.25, 0.3) is 0 Å². The van der Waals surface area contributed by atoms with Crippen molar-refractivity contribution in [2.75, 3.05) is 6.54 Å². The maximum absolute atomic E-state index is 12.9. The zero-order valence-electron chi connectivity index (χ0n) is 11.9. The summed E-state index contributed by atoms with van der Waals surface area (Å²) in [6.45, 7) is 4.39. The predicted octanol–water partition coefficient (Wildman–Crippen LogP) is 2.91. The van der Waals surface area contributed by atoms with Crippen LogP contribution < -0.4 is 0 Å². The van der Waals surface area contributed by atoms with Crippen molar-refractivity contribution >= 4 is 27.6 Å². The van der Waals surface area contributed by atoms with Crippen LogP contribution in [0.1, 0.15) is 36.0 Å². The summed E-state index contributed by atoms with van der Waals surface area (Å²) in [6, 6.07) is 3.77. The van der Waals surface area contributed by atoms with Gasteiger partial charge in [0, 0.05) is 12.1 Å². The third kappa shape index (κ3) is 2.45. The lowest BCUT2D eigenvalue weighted by Crippen LogP contribution is -2.45. The van der Waals surface area contributed by atoms with Crippen molar-refractivity contribution in [3.05, 3.63) is 40.9 Å². The summed E-state index contributed by atoms with van der Waals surface area (Å²) < 4.78 is 27.3. The van der Waals surface area contributed by atoms with E-state index in [-0.39, 0.29) is 21.0 Å². The van der Waals surface area contributed by atoms with Gasteiger partial charge in [-0.15, -0.1) is 0 Å². The van der Waals surface area contributed by atoms with Crippen molar-refractivity contribution in [2.45, 2.75) is 36.1 Å². The highest BCUT2D eigenvalue weighted by Crippen LogP contribution is 2.51. The van der Waals surface area contributed by atoms with Gasteiger partial charge in [0.2, 0.25) is 10.0 Å². The number of piperidine rings is 1. The Kier molecular flexibility index (Phi) is 3.58. The molecule has 0 unspecified atom stereocenters. The molecule has 0 aromatic heterocycles. The highest BCUT2D eigenvalue weighted by atomic mass is 35.5. The molecule has 5 nitrogen and oxygen atoms in total. The van der Waals surface area contributed by atoms with E-state index in [4.69, 9.17) is 16.7 Å². The molecule has 1 aromatic rings.